The molecule has 0 bridgehead atoms. The van der Waals surface area contributed by atoms with E-state index in [0.29, 0.717) is 12.0 Å². The Morgan fingerprint density at radius 2 is 2.07 bits per heavy atom. The van der Waals surface area contributed by atoms with Crippen LogP contribution in [0.15, 0.2) is 0 Å². The van der Waals surface area contributed by atoms with E-state index >= 15 is 0 Å². The van der Waals surface area contributed by atoms with E-state index in [1.807, 2.05) is 0 Å². The van der Waals surface area contributed by atoms with Crippen LogP contribution in [0.1, 0.15) is 40.5 Å². The monoisotopic (exact) mass is 199 g/mol. The summed E-state index contributed by atoms with van der Waals surface area (Å²) in [6.45, 7) is 12.7. The van der Waals surface area contributed by atoms with E-state index in [9.17, 15) is 5.11 Å². The van der Waals surface area contributed by atoms with E-state index in [1.165, 1.54) is 19.5 Å². The van der Waals surface area contributed by atoms with Crippen molar-refractivity contribution in [2.75, 3.05) is 26.2 Å². The van der Waals surface area contributed by atoms with Crippen molar-refractivity contribution in [2.24, 2.45) is 10.8 Å². The van der Waals surface area contributed by atoms with Gasteiger partial charge in [-0.3, -0.25) is 0 Å². The lowest BCUT2D eigenvalue weighted by atomic mass is 9.88. The fourth-order valence-electron chi connectivity index (χ4n) is 2.17. The van der Waals surface area contributed by atoms with E-state index in [-0.39, 0.29) is 5.41 Å². The van der Waals surface area contributed by atoms with E-state index in [1.54, 1.807) is 0 Å². The standard InChI is InChI=1S/C12H25NO/c1-5-12(4,10-14)9-13-7-6-11(2,3)8-13/h14H,5-10H2,1-4H3. The molecule has 1 atom stereocenters. The van der Waals surface area contributed by atoms with E-state index in [0.717, 1.165) is 13.0 Å². The molecule has 1 rings (SSSR count). The molecule has 1 unspecified atom stereocenters. The average molecular weight is 199 g/mol. The van der Waals surface area contributed by atoms with Gasteiger partial charge in [0.25, 0.3) is 0 Å². The van der Waals surface area contributed by atoms with Gasteiger partial charge in [-0.1, -0.05) is 27.7 Å². The first kappa shape index (κ1) is 12.0. The molecule has 0 aliphatic carbocycles. The third-order valence-electron chi connectivity index (χ3n) is 3.60. The van der Waals surface area contributed by atoms with Crippen molar-refractivity contribution in [2.45, 2.75) is 40.5 Å². The largest absolute Gasteiger partial charge is 0.396 e. The van der Waals surface area contributed by atoms with Gasteiger partial charge in [-0.25, -0.2) is 0 Å². The predicted octanol–water partition coefficient (Wildman–Crippen LogP) is 2.13. The smallest absolute Gasteiger partial charge is 0.0496 e. The van der Waals surface area contributed by atoms with E-state index in [2.05, 4.69) is 32.6 Å². The zero-order chi connectivity index (χ0) is 10.8. The lowest BCUT2D eigenvalue weighted by molar-refractivity contribution is 0.0909. The molecule has 0 aromatic rings. The molecular weight excluding hydrogens is 174 g/mol. The Morgan fingerprint density at radius 1 is 1.43 bits per heavy atom. The molecule has 1 N–H and O–H groups in total. The molecule has 0 saturated carbocycles. The van der Waals surface area contributed by atoms with Crippen molar-refractivity contribution in [1.29, 1.82) is 0 Å². The van der Waals surface area contributed by atoms with Crippen LogP contribution in [0.4, 0.5) is 0 Å². The number of aliphatic hydroxyl groups excluding tert-OH is 1. The molecular formula is C12H25NO. The van der Waals surface area contributed by atoms with E-state index in [4.69, 9.17) is 0 Å². The van der Waals surface area contributed by atoms with Crippen molar-refractivity contribution < 1.29 is 5.11 Å². The third-order valence-corrected chi connectivity index (χ3v) is 3.60. The first-order valence-corrected chi connectivity index (χ1v) is 5.74. The number of likely N-dealkylation sites (tertiary alicyclic amines) is 1. The van der Waals surface area contributed by atoms with Crippen LogP contribution in [0.5, 0.6) is 0 Å². The first-order valence-electron chi connectivity index (χ1n) is 5.74. The van der Waals surface area contributed by atoms with Crippen LogP contribution in [0.25, 0.3) is 0 Å². The highest BCUT2D eigenvalue weighted by Crippen LogP contribution is 2.32. The zero-order valence-corrected chi connectivity index (χ0v) is 10.1. The molecule has 1 saturated heterocycles. The summed E-state index contributed by atoms with van der Waals surface area (Å²) >= 11 is 0. The van der Waals surface area contributed by atoms with Gasteiger partial charge in [0.1, 0.15) is 0 Å². The Kier molecular flexibility index (Phi) is 3.59. The molecule has 1 heterocycles. The molecule has 1 aliphatic rings. The molecule has 1 aliphatic heterocycles. The summed E-state index contributed by atoms with van der Waals surface area (Å²) < 4.78 is 0. The fraction of sp³-hybridized carbons (Fsp3) is 1.00. The number of hydrogen-bond acceptors (Lipinski definition) is 2. The van der Waals surface area contributed by atoms with Crippen LogP contribution in [0, 0.1) is 10.8 Å². The Morgan fingerprint density at radius 3 is 2.43 bits per heavy atom. The summed E-state index contributed by atoms with van der Waals surface area (Å²) in [6, 6.07) is 0. The lowest BCUT2D eigenvalue weighted by Gasteiger charge is -2.31. The minimum Gasteiger partial charge on any atom is -0.396 e. The molecule has 14 heavy (non-hydrogen) atoms. The predicted molar refractivity (Wildman–Crippen MR) is 60.3 cm³/mol. The van der Waals surface area contributed by atoms with Gasteiger partial charge in [0.05, 0.1) is 0 Å². The SMILES string of the molecule is CCC(C)(CO)CN1CCC(C)(C)C1. The zero-order valence-electron chi connectivity index (χ0n) is 10.1. The second-order valence-corrected chi connectivity index (χ2v) is 5.95. The number of aliphatic hydroxyl groups is 1. The average Bonchev–Trinajstić information content (AvgIpc) is 2.45. The number of rotatable bonds is 4. The maximum absolute atomic E-state index is 9.35. The van der Waals surface area contributed by atoms with Gasteiger partial charge in [-0.2, -0.15) is 0 Å². The van der Waals surface area contributed by atoms with Crippen LogP contribution in [-0.4, -0.2) is 36.2 Å². The molecule has 1 fully saturated rings. The minimum atomic E-state index is 0.0976. The molecule has 84 valence electrons. The van der Waals surface area contributed by atoms with Crippen molar-refractivity contribution in [1.82, 2.24) is 4.90 Å². The van der Waals surface area contributed by atoms with Crippen molar-refractivity contribution in [3.63, 3.8) is 0 Å². The Bertz CT molecular complexity index is 185. The molecule has 0 aromatic heterocycles. The quantitative estimate of drug-likeness (QED) is 0.749. The van der Waals surface area contributed by atoms with Crippen LogP contribution in [0.2, 0.25) is 0 Å². The summed E-state index contributed by atoms with van der Waals surface area (Å²) in [6.07, 6.45) is 2.35. The highest BCUT2D eigenvalue weighted by molar-refractivity contribution is 4.86. The Hall–Kier alpha value is -0.0800. The maximum Gasteiger partial charge on any atom is 0.0496 e. The first-order chi connectivity index (χ1) is 6.41. The minimum absolute atomic E-state index is 0.0976. The summed E-state index contributed by atoms with van der Waals surface area (Å²) in [4.78, 5) is 2.50. The molecule has 0 spiro atoms. The van der Waals surface area contributed by atoms with Gasteiger partial charge < -0.3 is 10.0 Å². The molecule has 0 amide bonds. The molecule has 2 nitrogen and oxygen atoms in total. The van der Waals surface area contributed by atoms with Crippen LogP contribution >= 0.6 is 0 Å². The van der Waals surface area contributed by atoms with Gasteiger partial charge in [-0.05, 0) is 24.8 Å². The highest BCUT2D eigenvalue weighted by atomic mass is 16.3. The Balaban J connectivity index is 2.46. The van der Waals surface area contributed by atoms with Crippen LogP contribution in [0.3, 0.4) is 0 Å². The van der Waals surface area contributed by atoms with Gasteiger partial charge >= 0.3 is 0 Å². The second kappa shape index (κ2) is 4.19. The molecule has 2 heteroatoms. The van der Waals surface area contributed by atoms with Gasteiger partial charge in [-0.15, -0.1) is 0 Å². The number of nitrogens with zero attached hydrogens (tertiary/aromatic N) is 1. The molecule has 0 aromatic carbocycles. The maximum atomic E-state index is 9.35. The highest BCUT2D eigenvalue weighted by Gasteiger charge is 2.33. The van der Waals surface area contributed by atoms with Crippen molar-refractivity contribution in [3.05, 3.63) is 0 Å². The summed E-state index contributed by atoms with van der Waals surface area (Å²) in [5, 5.41) is 9.35. The second-order valence-electron chi connectivity index (χ2n) is 5.95. The van der Waals surface area contributed by atoms with Crippen LogP contribution < -0.4 is 0 Å². The summed E-state index contributed by atoms with van der Waals surface area (Å²) in [5.74, 6) is 0. The van der Waals surface area contributed by atoms with Crippen molar-refractivity contribution >= 4 is 0 Å². The number of hydrogen-bond donors (Lipinski definition) is 1. The summed E-state index contributed by atoms with van der Waals surface area (Å²) in [7, 11) is 0. The van der Waals surface area contributed by atoms with Crippen LogP contribution in [-0.2, 0) is 0 Å². The lowest BCUT2D eigenvalue weighted by Crippen LogP contribution is -2.37. The summed E-state index contributed by atoms with van der Waals surface area (Å²) in [5.41, 5.74) is 0.574. The third kappa shape index (κ3) is 2.96. The molecule has 0 radical (unpaired) electrons. The van der Waals surface area contributed by atoms with Gasteiger partial charge in [0.2, 0.25) is 0 Å². The fourth-order valence-corrected chi connectivity index (χ4v) is 2.17. The van der Waals surface area contributed by atoms with Gasteiger partial charge in [0, 0.05) is 25.1 Å². The van der Waals surface area contributed by atoms with E-state index < -0.39 is 0 Å². The topological polar surface area (TPSA) is 23.5 Å². The Labute approximate surface area is 88.3 Å². The van der Waals surface area contributed by atoms with Gasteiger partial charge in [0.15, 0.2) is 0 Å². The van der Waals surface area contributed by atoms with Crippen molar-refractivity contribution in [3.8, 4) is 0 Å². The normalized spacial score (nSPS) is 26.4.